The molecule has 0 spiro atoms. The number of carbonyl (C=O) groups is 6. The van der Waals surface area contributed by atoms with E-state index in [0.29, 0.717) is 80.0 Å². The van der Waals surface area contributed by atoms with Gasteiger partial charge in [0.15, 0.2) is 0 Å². The minimum absolute atomic E-state index is 0. The Bertz CT molecular complexity index is 6550. The average Bonchev–Trinajstić information content (AvgIpc) is 1.59. The molecule has 0 radical (unpaired) electrons. The van der Waals surface area contributed by atoms with E-state index in [1.165, 1.54) is 183 Å². The molecule has 7 aromatic rings. The maximum absolute atomic E-state index is 12.3. The van der Waals surface area contributed by atoms with Gasteiger partial charge < -0.3 is 15.3 Å². The van der Waals surface area contributed by atoms with E-state index in [2.05, 4.69) is 235 Å². The van der Waals surface area contributed by atoms with Crippen LogP contribution in [0.25, 0.3) is 39.0 Å². The largest absolute Gasteiger partial charge is 0.393 e. The molecule has 19 aliphatic rings. The third-order valence-corrected chi connectivity index (χ3v) is 39.9. The van der Waals surface area contributed by atoms with Crippen molar-refractivity contribution in [3.63, 3.8) is 0 Å². The molecule has 26 rings (SSSR count). The Morgan fingerprint density at radius 1 is 0.285 bits per heavy atom. The first kappa shape index (κ1) is 105. The highest BCUT2D eigenvalue weighted by molar-refractivity contribution is 6.12. The molecule has 0 bridgehead atoms. The van der Waals surface area contributed by atoms with Gasteiger partial charge in [-0.25, -0.2) is 0 Å². The van der Waals surface area contributed by atoms with E-state index >= 15 is 0 Å². The van der Waals surface area contributed by atoms with Crippen molar-refractivity contribution in [1.82, 2.24) is 0 Å². The van der Waals surface area contributed by atoms with Crippen LogP contribution < -0.4 is 0 Å². The molecule has 11 heteroatoms. The van der Waals surface area contributed by atoms with Crippen LogP contribution in [-0.2, 0) is 73.7 Å². The Balaban J connectivity index is 0.000000110. The van der Waals surface area contributed by atoms with E-state index in [0.717, 1.165) is 173 Å². The van der Waals surface area contributed by atoms with Crippen molar-refractivity contribution in [1.29, 1.82) is 0 Å². The summed E-state index contributed by atoms with van der Waals surface area (Å²) in [6, 6.07) is 47.8. The highest BCUT2D eigenvalue weighted by Crippen LogP contribution is 2.63. The summed E-state index contributed by atoms with van der Waals surface area (Å²) >= 11 is 0. The molecule has 144 heavy (non-hydrogen) atoms. The van der Waals surface area contributed by atoms with Crippen LogP contribution in [0.3, 0.4) is 0 Å². The maximum atomic E-state index is 12.3. The number of aliphatic hydroxyl groups excluding tert-OH is 3. The van der Waals surface area contributed by atoms with Crippen molar-refractivity contribution in [3.05, 3.63) is 308 Å². The molecule has 9 nitrogen and oxygen atoms in total. The number of halogens is 2. The molecule has 3 N–H and O–H groups in total. The fourth-order valence-electron chi connectivity index (χ4n) is 30.6. The van der Waals surface area contributed by atoms with Crippen LogP contribution in [-0.4, -0.2) is 68.3 Å². The SMILES string of the molecule is Cc1ccc2c(c1)CCC/C2=C\CC1(C)C(=O)CCC1=O.Cc1ccc2c(c1)CCC/C2=C\C[C@@]1(C)C(=O)CC[C@@H]1O.Cc1ccc2c(c1)CCC1=C2CC[C@@]2(C)C1=CC[C@@H]2O.Cc1ccc2c(c1)CCC1=C2CC[C@]2(C)C(=O)CC=C12.Cc1ccc2c(c1)CCC1=C2CC[C@]2(C)C(=O)CC[C@@H]12.Cc1ccc2c(c1)CCC1=C2CC[C@]2(C)C(=O)CC[C@@H]12.Cc1ccc2c(c1)CCC1=C2CC[C@]2(C)[C@@H](O)CC[C@@H]12.Cl.Cl. The summed E-state index contributed by atoms with van der Waals surface area (Å²) in [7, 11) is 0. The summed E-state index contributed by atoms with van der Waals surface area (Å²) in [6.07, 6.45) is 48.1. The van der Waals surface area contributed by atoms with E-state index in [1.807, 2.05) is 13.8 Å². The third-order valence-electron chi connectivity index (χ3n) is 39.9. The standard InChI is InChI=1S/C19H24O2.C19H22O2.C19H24O.3C19H22O.C19H20O.2ClH/c2*1-13-6-7-16-14(4-3-5-15(16)12-13)10-11-19(2)17(20)8-9-18(19)21;5*1-12-3-5-14-13(11-12)4-6-16-15(14)9-10-19(2)17(16)7-8-18(19)20;;/h6-7,10,12,17,20H,3-5,8-9,11H2,1-2H3;6-7,10,12H,3-5,8-9,11H2,1-2H3;3,5,11,17-18,20H,4,6-10H2,1-2H3;2*3,5,11,17H,4,6-10H2,1-2H3;3,5,7,11,18,20H,4,6,8-10H2,1-2H3;3,5,7,11H,4,6,8-10H2,1-2H3;2*1H/b2*14-10+;;;;;;;/t17-,19+;;17-,18-,19-;2*17-,19-;18-,19-;19-;;/m0.00000../s1. The van der Waals surface area contributed by atoms with Crippen LogP contribution >= 0.6 is 24.8 Å². The number of benzene rings is 7. The predicted octanol–water partition coefficient (Wildman–Crippen LogP) is 30.5. The molecule has 0 heterocycles. The van der Waals surface area contributed by atoms with Gasteiger partial charge >= 0.3 is 0 Å². The van der Waals surface area contributed by atoms with Crippen molar-refractivity contribution in [2.45, 2.75) is 372 Å². The monoisotopic (exact) mass is 1970 g/mol. The number of aryl methyl sites for hydroxylation is 14. The number of fused-ring (bicyclic) bond motifs is 22. The molecule has 19 aliphatic carbocycles. The number of allylic oxidation sites excluding steroid dienone is 16. The summed E-state index contributed by atoms with van der Waals surface area (Å²) in [6.45, 7) is 30.1. The lowest BCUT2D eigenvalue weighted by Gasteiger charge is -2.43. The molecular weight excluding hydrogens is 1810 g/mol. The molecule has 0 unspecified atom stereocenters. The highest BCUT2D eigenvalue weighted by Gasteiger charge is 2.56. The molecule has 758 valence electrons. The lowest BCUT2D eigenvalue weighted by Crippen LogP contribution is -2.37. The lowest BCUT2D eigenvalue weighted by molar-refractivity contribution is -0.134. The quantitative estimate of drug-likeness (QED) is 0.146. The van der Waals surface area contributed by atoms with Gasteiger partial charge in [-0.1, -0.05) is 235 Å². The molecule has 0 saturated heterocycles. The topological polar surface area (TPSA) is 163 Å². The van der Waals surface area contributed by atoms with Gasteiger partial charge in [-0.05, 0) is 444 Å². The van der Waals surface area contributed by atoms with Gasteiger partial charge in [0.05, 0.1) is 34.6 Å². The van der Waals surface area contributed by atoms with Crippen molar-refractivity contribution >= 4 is 98.5 Å². The van der Waals surface area contributed by atoms with Crippen LogP contribution in [0.4, 0.5) is 0 Å². The maximum Gasteiger partial charge on any atom is 0.146 e. The fourth-order valence-corrected chi connectivity index (χ4v) is 30.6. The van der Waals surface area contributed by atoms with Crippen LogP contribution in [0.2, 0.25) is 0 Å². The summed E-state index contributed by atoms with van der Waals surface area (Å²) in [5.41, 5.74) is 49.8. The minimum Gasteiger partial charge on any atom is -0.393 e. The molecule has 12 atom stereocenters. The van der Waals surface area contributed by atoms with Crippen LogP contribution in [0.1, 0.15) is 377 Å². The summed E-state index contributed by atoms with van der Waals surface area (Å²) in [5.74, 6) is 3.61. The first-order valence-corrected chi connectivity index (χ1v) is 55.3. The van der Waals surface area contributed by atoms with Gasteiger partial charge in [-0.3, -0.25) is 28.8 Å². The zero-order valence-corrected chi connectivity index (χ0v) is 90.4. The number of hydrogen-bond donors (Lipinski definition) is 3. The average molecular weight is 1970 g/mol. The van der Waals surface area contributed by atoms with Gasteiger partial charge in [-0.2, -0.15) is 0 Å². The Labute approximate surface area is 871 Å². The summed E-state index contributed by atoms with van der Waals surface area (Å²) < 4.78 is 0. The van der Waals surface area contributed by atoms with Crippen LogP contribution in [0.5, 0.6) is 0 Å². The van der Waals surface area contributed by atoms with E-state index in [9.17, 15) is 44.1 Å². The molecule has 5 fully saturated rings. The smallest absolute Gasteiger partial charge is 0.146 e. The van der Waals surface area contributed by atoms with Crippen LogP contribution in [0.15, 0.2) is 191 Å². The predicted molar refractivity (Wildman–Crippen MR) is 593 cm³/mol. The zero-order valence-electron chi connectivity index (χ0n) is 88.8. The molecule has 0 aromatic heterocycles. The number of carbonyl (C=O) groups excluding carboxylic acids is 6. The van der Waals surface area contributed by atoms with Gasteiger partial charge in [0.2, 0.25) is 0 Å². The first-order chi connectivity index (χ1) is 68.0. The lowest BCUT2D eigenvalue weighted by atomic mass is 9.62. The second-order valence-corrected chi connectivity index (χ2v) is 48.6. The number of Topliss-reactive ketones (excluding diaryl/α,β-unsaturated/α-hetero) is 6. The van der Waals surface area contributed by atoms with E-state index in [-0.39, 0.29) is 81.4 Å². The van der Waals surface area contributed by atoms with E-state index in [4.69, 9.17) is 0 Å². The van der Waals surface area contributed by atoms with Crippen molar-refractivity contribution in [3.8, 4) is 0 Å². The highest BCUT2D eigenvalue weighted by atomic mass is 35.5. The Morgan fingerprint density at radius 2 is 0.646 bits per heavy atom. The van der Waals surface area contributed by atoms with Crippen molar-refractivity contribution in [2.75, 3.05) is 0 Å². The summed E-state index contributed by atoms with van der Waals surface area (Å²) in [4.78, 5) is 72.9. The van der Waals surface area contributed by atoms with Gasteiger partial charge in [-0.15, -0.1) is 24.8 Å². The Hall–Kier alpha value is -9.32. The molecule has 0 amide bonds. The molecular formula is C133H158Cl2O9. The van der Waals surface area contributed by atoms with E-state index in [1.54, 1.807) is 50.1 Å². The zero-order chi connectivity index (χ0) is 99.6. The van der Waals surface area contributed by atoms with Gasteiger partial charge in [0.1, 0.15) is 34.7 Å². The number of ketones is 6. The Morgan fingerprint density at radius 3 is 1.08 bits per heavy atom. The first-order valence-electron chi connectivity index (χ1n) is 55.3. The number of rotatable bonds is 4. The van der Waals surface area contributed by atoms with Crippen molar-refractivity contribution in [2.24, 2.45) is 55.7 Å². The Kier molecular flexibility index (Phi) is 30.0. The van der Waals surface area contributed by atoms with Gasteiger partial charge in [0.25, 0.3) is 0 Å². The molecule has 0 aliphatic heterocycles. The number of aliphatic hydroxyl groups is 3. The second-order valence-electron chi connectivity index (χ2n) is 48.6. The third kappa shape index (κ3) is 19.0. The van der Waals surface area contributed by atoms with Crippen molar-refractivity contribution < 1.29 is 44.1 Å². The van der Waals surface area contributed by atoms with E-state index < -0.39 is 16.9 Å². The van der Waals surface area contributed by atoms with Gasteiger partial charge in [0, 0.05) is 60.2 Å². The molecule has 5 saturated carbocycles. The normalized spacial score (nSPS) is 29.8. The molecule has 7 aromatic carbocycles. The minimum atomic E-state index is -0.769. The summed E-state index contributed by atoms with van der Waals surface area (Å²) in [5, 5.41) is 30.8. The fraction of sp³-hybridized carbons (Fsp3) is 0.504. The second kappa shape index (κ2) is 41.3. The number of hydrogen-bond acceptors (Lipinski definition) is 9. The van der Waals surface area contributed by atoms with Crippen LogP contribution in [0, 0.1) is 104 Å².